The van der Waals surface area contributed by atoms with Gasteiger partial charge in [0.1, 0.15) is 5.82 Å². The maximum absolute atomic E-state index is 5.42. The first kappa shape index (κ1) is 18.2. The summed E-state index contributed by atoms with van der Waals surface area (Å²) < 4.78 is 10.8. The van der Waals surface area contributed by atoms with E-state index in [2.05, 4.69) is 22.3 Å². The molecule has 1 saturated heterocycles. The van der Waals surface area contributed by atoms with Crippen molar-refractivity contribution in [1.82, 2.24) is 20.2 Å². The lowest BCUT2D eigenvalue weighted by atomic mass is 9.98. The Balaban J connectivity index is 1.44. The minimum absolute atomic E-state index is 0.467. The monoisotopic (exact) mass is 368 g/mol. The van der Waals surface area contributed by atoms with Crippen molar-refractivity contribution in [2.75, 3.05) is 33.9 Å². The van der Waals surface area contributed by atoms with Crippen LogP contribution in [0.4, 0.5) is 0 Å². The first-order valence-corrected chi connectivity index (χ1v) is 9.75. The minimum atomic E-state index is 0.467. The molecule has 0 radical (unpaired) electrons. The van der Waals surface area contributed by atoms with E-state index in [1.807, 2.05) is 12.3 Å². The lowest BCUT2D eigenvalue weighted by Crippen LogP contribution is -2.32. The summed E-state index contributed by atoms with van der Waals surface area (Å²) in [6.45, 7) is 4.92. The number of hydrogen-bond acceptors (Lipinski definition) is 6. The van der Waals surface area contributed by atoms with Gasteiger partial charge in [0.15, 0.2) is 11.5 Å². The molecule has 1 N–H and O–H groups in total. The van der Waals surface area contributed by atoms with E-state index in [9.17, 15) is 0 Å². The molecule has 6 heteroatoms. The Labute approximate surface area is 160 Å². The summed E-state index contributed by atoms with van der Waals surface area (Å²) in [5.74, 6) is 3.04. The maximum atomic E-state index is 5.42. The largest absolute Gasteiger partial charge is 0.493 e. The number of nitrogens with zero attached hydrogens (tertiary/aromatic N) is 3. The lowest BCUT2D eigenvalue weighted by molar-refractivity contribution is 0.241. The third-order valence-electron chi connectivity index (χ3n) is 5.55. The second-order valence-electron chi connectivity index (χ2n) is 7.39. The van der Waals surface area contributed by atoms with Crippen molar-refractivity contribution in [3.63, 3.8) is 0 Å². The molecule has 1 atom stereocenters. The van der Waals surface area contributed by atoms with Gasteiger partial charge in [-0.1, -0.05) is 6.07 Å². The van der Waals surface area contributed by atoms with E-state index in [0.717, 1.165) is 56.5 Å². The summed E-state index contributed by atoms with van der Waals surface area (Å²) >= 11 is 0. The lowest BCUT2D eigenvalue weighted by Gasteiger charge is -2.29. The average molecular weight is 368 g/mol. The Morgan fingerprint density at radius 3 is 2.89 bits per heavy atom. The minimum Gasteiger partial charge on any atom is -0.493 e. The molecule has 0 amide bonds. The average Bonchev–Trinajstić information content (AvgIpc) is 2.74. The van der Waals surface area contributed by atoms with E-state index in [0.29, 0.717) is 5.92 Å². The Morgan fingerprint density at radius 1 is 1.22 bits per heavy atom. The molecule has 0 aliphatic carbocycles. The van der Waals surface area contributed by atoms with Crippen molar-refractivity contribution in [3.8, 4) is 11.5 Å². The Bertz CT molecular complexity index is 790. The highest BCUT2D eigenvalue weighted by atomic mass is 16.5. The van der Waals surface area contributed by atoms with E-state index in [4.69, 9.17) is 19.4 Å². The van der Waals surface area contributed by atoms with E-state index in [-0.39, 0.29) is 0 Å². The maximum Gasteiger partial charge on any atom is 0.161 e. The van der Waals surface area contributed by atoms with Gasteiger partial charge in [-0.25, -0.2) is 9.97 Å². The zero-order valence-electron chi connectivity index (χ0n) is 16.2. The van der Waals surface area contributed by atoms with Crippen molar-refractivity contribution in [2.45, 2.75) is 38.3 Å². The first-order valence-electron chi connectivity index (χ1n) is 9.75. The highest BCUT2D eigenvalue weighted by Gasteiger charge is 2.22. The summed E-state index contributed by atoms with van der Waals surface area (Å²) in [7, 11) is 3.34. The van der Waals surface area contributed by atoms with Crippen LogP contribution in [0.25, 0.3) is 0 Å². The number of methoxy groups -OCH3 is 2. The zero-order chi connectivity index (χ0) is 18.6. The highest BCUT2D eigenvalue weighted by molar-refractivity contribution is 5.42. The molecule has 2 aromatic rings. The third kappa shape index (κ3) is 4.06. The van der Waals surface area contributed by atoms with Gasteiger partial charge >= 0.3 is 0 Å². The molecule has 2 aliphatic heterocycles. The molecular weight excluding hydrogens is 340 g/mol. The van der Waals surface area contributed by atoms with Crippen LogP contribution < -0.4 is 14.8 Å². The molecule has 1 aromatic heterocycles. The number of nitrogens with one attached hydrogen (secondary N) is 1. The molecule has 0 spiro atoms. The van der Waals surface area contributed by atoms with Gasteiger partial charge in [-0.15, -0.1) is 0 Å². The molecule has 0 unspecified atom stereocenters. The molecule has 27 heavy (non-hydrogen) atoms. The van der Waals surface area contributed by atoms with E-state index in [1.54, 1.807) is 14.2 Å². The van der Waals surface area contributed by atoms with E-state index in [1.165, 1.54) is 29.7 Å². The molecule has 0 saturated carbocycles. The predicted molar refractivity (Wildman–Crippen MR) is 104 cm³/mol. The summed E-state index contributed by atoms with van der Waals surface area (Å²) in [5.41, 5.74) is 3.71. The first-order chi connectivity index (χ1) is 13.3. The number of aromatic nitrogens is 2. The topological polar surface area (TPSA) is 59.5 Å². The van der Waals surface area contributed by atoms with Gasteiger partial charge < -0.3 is 14.8 Å². The summed E-state index contributed by atoms with van der Waals surface area (Å²) in [6.07, 6.45) is 5.44. The molecule has 0 bridgehead atoms. The fourth-order valence-corrected chi connectivity index (χ4v) is 4.03. The number of piperidine rings is 1. The van der Waals surface area contributed by atoms with Gasteiger partial charge in [0.25, 0.3) is 0 Å². The molecule has 1 fully saturated rings. The van der Waals surface area contributed by atoms with Gasteiger partial charge in [0.05, 0.1) is 14.2 Å². The number of rotatable bonds is 5. The highest BCUT2D eigenvalue weighted by Crippen LogP contribution is 2.29. The number of benzene rings is 1. The fraction of sp³-hybridized carbons (Fsp3) is 0.524. The van der Waals surface area contributed by atoms with Crippen molar-refractivity contribution in [3.05, 3.63) is 47.0 Å². The van der Waals surface area contributed by atoms with Crippen LogP contribution in [0, 0.1) is 0 Å². The Hall–Kier alpha value is -2.18. The quantitative estimate of drug-likeness (QED) is 0.875. The van der Waals surface area contributed by atoms with E-state index >= 15 is 0 Å². The second-order valence-corrected chi connectivity index (χ2v) is 7.39. The molecule has 3 heterocycles. The molecular formula is C21H28N4O2. The molecule has 6 nitrogen and oxygen atoms in total. The van der Waals surface area contributed by atoms with Crippen molar-refractivity contribution in [1.29, 1.82) is 0 Å². The van der Waals surface area contributed by atoms with Crippen LogP contribution in [0.5, 0.6) is 11.5 Å². The summed E-state index contributed by atoms with van der Waals surface area (Å²) in [5, 5.41) is 3.46. The van der Waals surface area contributed by atoms with Gasteiger partial charge in [0, 0.05) is 56.0 Å². The van der Waals surface area contributed by atoms with Crippen LogP contribution in [0.1, 0.15) is 41.4 Å². The fourth-order valence-electron chi connectivity index (χ4n) is 4.03. The van der Waals surface area contributed by atoms with Crippen molar-refractivity contribution in [2.24, 2.45) is 0 Å². The van der Waals surface area contributed by atoms with Crippen LogP contribution in [-0.2, 0) is 19.5 Å². The van der Waals surface area contributed by atoms with Crippen molar-refractivity contribution >= 4 is 0 Å². The smallest absolute Gasteiger partial charge is 0.161 e. The molecule has 1 aromatic carbocycles. The summed E-state index contributed by atoms with van der Waals surface area (Å²) in [6, 6.07) is 6.14. The standard InChI is InChI=1S/C21H28N4O2/c1-26-19-6-5-15(10-20(19)27-2)13-25-9-7-18-17(14-25)12-23-21(24-18)16-4-3-8-22-11-16/h5-6,10,12,16,22H,3-4,7-9,11,13-14H2,1-2H3/t16-/m1/s1. The van der Waals surface area contributed by atoms with Gasteiger partial charge in [-0.2, -0.15) is 0 Å². The predicted octanol–water partition coefficient (Wildman–Crippen LogP) is 2.52. The van der Waals surface area contributed by atoms with Crippen LogP contribution in [0.3, 0.4) is 0 Å². The zero-order valence-corrected chi connectivity index (χ0v) is 16.2. The normalized spacial score (nSPS) is 20.1. The SMILES string of the molecule is COc1ccc(CN2CCc3nc([C@@H]4CCCNC4)ncc3C2)cc1OC. The Morgan fingerprint density at radius 2 is 2.11 bits per heavy atom. The molecule has 4 rings (SSSR count). The number of fused-ring (bicyclic) bond motifs is 1. The molecule has 2 aliphatic rings. The summed E-state index contributed by atoms with van der Waals surface area (Å²) in [4.78, 5) is 12.0. The molecule has 144 valence electrons. The second kappa shape index (κ2) is 8.23. The number of hydrogen-bond donors (Lipinski definition) is 1. The van der Waals surface area contributed by atoms with Gasteiger partial charge in [0.2, 0.25) is 0 Å². The number of ether oxygens (including phenoxy) is 2. The third-order valence-corrected chi connectivity index (χ3v) is 5.55. The Kier molecular flexibility index (Phi) is 5.55. The van der Waals surface area contributed by atoms with E-state index < -0.39 is 0 Å². The van der Waals surface area contributed by atoms with Gasteiger partial charge in [-0.3, -0.25) is 4.90 Å². The van der Waals surface area contributed by atoms with Gasteiger partial charge in [-0.05, 0) is 37.1 Å². The van der Waals surface area contributed by atoms with Crippen LogP contribution in [0.2, 0.25) is 0 Å². The van der Waals surface area contributed by atoms with Crippen LogP contribution >= 0.6 is 0 Å². The van der Waals surface area contributed by atoms with Crippen molar-refractivity contribution < 1.29 is 9.47 Å². The van der Waals surface area contributed by atoms with Crippen LogP contribution in [0.15, 0.2) is 24.4 Å². The van der Waals surface area contributed by atoms with Crippen LogP contribution in [-0.4, -0.2) is 48.7 Å².